The summed E-state index contributed by atoms with van der Waals surface area (Å²) in [5.41, 5.74) is 1.93. The minimum absolute atomic E-state index is 0.189. The monoisotopic (exact) mass is 421 g/mol. The van der Waals surface area contributed by atoms with Crippen LogP contribution in [0.5, 0.6) is 0 Å². The van der Waals surface area contributed by atoms with Crippen LogP contribution in [0.3, 0.4) is 0 Å². The van der Waals surface area contributed by atoms with Crippen LogP contribution in [0.2, 0.25) is 10.0 Å². The molecule has 0 heterocycles. The maximum atomic E-state index is 13.0. The molecule has 0 fully saturated rings. The van der Waals surface area contributed by atoms with Crippen molar-refractivity contribution in [1.82, 2.24) is 0 Å². The summed E-state index contributed by atoms with van der Waals surface area (Å²) in [5.74, 6) is -1.03. The number of hydrogen-bond donors (Lipinski definition) is 1. The van der Waals surface area contributed by atoms with Crippen molar-refractivity contribution in [2.75, 3.05) is 5.32 Å². The number of fused-ring (bicyclic) bond motifs is 2. The number of rotatable bonds is 3. The Hall–Kier alpha value is -3.21. The largest absolute Gasteiger partial charge is 0.322 e. The minimum atomic E-state index is -0.478. The summed E-state index contributed by atoms with van der Waals surface area (Å²) < 4.78 is 0. The fourth-order valence-corrected chi connectivity index (χ4v) is 3.78. The number of amides is 1. The molecule has 0 saturated heterocycles. The Bertz CT molecular complexity index is 1190. The Balaban J connectivity index is 1.66. The molecule has 3 aromatic rings. The Morgan fingerprint density at radius 2 is 1.34 bits per heavy atom. The molecule has 1 amide bonds. The molecule has 4 rings (SSSR count). The molecule has 0 bridgehead atoms. The van der Waals surface area contributed by atoms with Crippen molar-refractivity contribution in [3.05, 3.63) is 105 Å². The van der Waals surface area contributed by atoms with Crippen molar-refractivity contribution >= 4 is 52.4 Å². The molecule has 1 aliphatic carbocycles. The standard InChI is InChI=1S/C23H13Cl2NO3/c24-17-8-4-9-18(25)15(17)11-12-20(27)26-19-10-3-7-16-21(19)23(29)14-6-2-1-5-13(14)22(16)28/h1-12H,(H,26,27)/b12-11+. The van der Waals surface area contributed by atoms with Crippen molar-refractivity contribution in [3.8, 4) is 0 Å². The molecule has 142 valence electrons. The van der Waals surface area contributed by atoms with E-state index in [9.17, 15) is 14.4 Å². The van der Waals surface area contributed by atoms with E-state index in [0.717, 1.165) is 0 Å². The number of anilines is 1. The van der Waals surface area contributed by atoms with E-state index in [1.165, 1.54) is 12.2 Å². The predicted octanol–water partition coefficient (Wildman–Crippen LogP) is 5.42. The molecule has 0 unspecified atom stereocenters. The van der Waals surface area contributed by atoms with Crippen LogP contribution in [0.25, 0.3) is 6.08 Å². The highest BCUT2D eigenvalue weighted by molar-refractivity contribution is 6.37. The SMILES string of the molecule is O=C(/C=C/c1c(Cl)cccc1Cl)Nc1cccc2c1C(=O)c1ccccc1C2=O. The van der Waals surface area contributed by atoms with Crippen LogP contribution in [-0.4, -0.2) is 17.5 Å². The van der Waals surface area contributed by atoms with E-state index < -0.39 is 5.91 Å². The molecule has 1 N–H and O–H groups in total. The van der Waals surface area contributed by atoms with Gasteiger partial charge in [0.2, 0.25) is 5.91 Å². The summed E-state index contributed by atoms with van der Waals surface area (Å²) in [4.78, 5) is 38.2. The van der Waals surface area contributed by atoms with Crippen LogP contribution in [0.4, 0.5) is 5.69 Å². The van der Waals surface area contributed by atoms with E-state index in [0.29, 0.717) is 26.7 Å². The van der Waals surface area contributed by atoms with E-state index in [1.54, 1.807) is 60.7 Å². The third-order valence-corrected chi connectivity index (χ3v) is 5.27. The van der Waals surface area contributed by atoms with E-state index in [2.05, 4.69) is 5.32 Å². The van der Waals surface area contributed by atoms with Gasteiger partial charge in [-0.1, -0.05) is 65.7 Å². The van der Waals surface area contributed by atoms with Crippen LogP contribution in [-0.2, 0) is 4.79 Å². The van der Waals surface area contributed by atoms with Gasteiger partial charge >= 0.3 is 0 Å². The number of carbonyl (C=O) groups excluding carboxylic acids is 3. The summed E-state index contributed by atoms with van der Waals surface area (Å²) in [6.07, 6.45) is 2.77. The van der Waals surface area contributed by atoms with Gasteiger partial charge in [-0.2, -0.15) is 0 Å². The first-order valence-electron chi connectivity index (χ1n) is 8.72. The maximum absolute atomic E-state index is 13.0. The maximum Gasteiger partial charge on any atom is 0.248 e. The molecule has 6 heteroatoms. The zero-order chi connectivity index (χ0) is 20.5. The first-order chi connectivity index (χ1) is 14.0. The molecule has 0 saturated carbocycles. The van der Waals surface area contributed by atoms with Crippen LogP contribution in [0.15, 0.2) is 66.7 Å². The highest BCUT2D eigenvalue weighted by Gasteiger charge is 2.31. The van der Waals surface area contributed by atoms with Gasteiger partial charge in [0.25, 0.3) is 0 Å². The lowest BCUT2D eigenvalue weighted by Gasteiger charge is -2.20. The Labute approximate surface area is 176 Å². The van der Waals surface area contributed by atoms with Gasteiger partial charge in [0, 0.05) is 38.4 Å². The number of benzene rings is 3. The molecule has 29 heavy (non-hydrogen) atoms. The van der Waals surface area contributed by atoms with Gasteiger partial charge in [-0.3, -0.25) is 14.4 Å². The Morgan fingerprint density at radius 1 is 0.759 bits per heavy atom. The van der Waals surface area contributed by atoms with Gasteiger partial charge in [-0.25, -0.2) is 0 Å². The van der Waals surface area contributed by atoms with Crippen molar-refractivity contribution in [1.29, 1.82) is 0 Å². The number of carbonyl (C=O) groups is 3. The summed E-state index contributed by atoms with van der Waals surface area (Å²) in [6, 6.07) is 16.5. The highest BCUT2D eigenvalue weighted by atomic mass is 35.5. The van der Waals surface area contributed by atoms with Gasteiger partial charge in [0.1, 0.15) is 0 Å². The Morgan fingerprint density at radius 3 is 2.03 bits per heavy atom. The Kier molecular flexibility index (Phi) is 5.05. The van der Waals surface area contributed by atoms with Crippen LogP contribution < -0.4 is 5.32 Å². The number of halogens is 2. The molecular weight excluding hydrogens is 409 g/mol. The zero-order valence-corrected chi connectivity index (χ0v) is 16.4. The fourth-order valence-electron chi connectivity index (χ4n) is 3.25. The molecule has 0 aliphatic heterocycles. The van der Waals surface area contributed by atoms with E-state index in [4.69, 9.17) is 23.2 Å². The lowest BCUT2D eigenvalue weighted by atomic mass is 9.83. The third-order valence-electron chi connectivity index (χ3n) is 4.61. The average Bonchev–Trinajstić information content (AvgIpc) is 2.71. The second kappa shape index (κ2) is 7.66. The topological polar surface area (TPSA) is 63.2 Å². The molecule has 3 aromatic carbocycles. The smallest absolute Gasteiger partial charge is 0.248 e. The molecule has 0 radical (unpaired) electrons. The quantitative estimate of drug-likeness (QED) is 0.449. The predicted molar refractivity (Wildman–Crippen MR) is 114 cm³/mol. The summed E-state index contributed by atoms with van der Waals surface area (Å²) in [6.45, 7) is 0. The molecule has 0 aromatic heterocycles. The van der Waals surface area contributed by atoms with E-state index >= 15 is 0 Å². The lowest BCUT2D eigenvalue weighted by Crippen LogP contribution is -2.23. The van der Waals surface area contributed by atoms with Crippen molar-refractivity contribution in [2.45, 2.75) is 0 Å². The first-order valence-corrected chi connectivity index (χ1v) is 9.47. The van der Waals surface area contributed by atoms with Crippen LogP contribution >= 0.6 is 23.2 Å². The van der Waals surface area contributed by atoms with Crippen molar-refractivity contribution in [2.24, 2.45) is 0 Å². The minimum Gasteiger partial charge on any atom is -0.322 e. The molecular formula is C23H13Cl2NO3. The van der Waals surface area contributed by atoms with Gasteiger partial charge < -0.3 is 5.32 Å². The van der Waals surface area contributed by atoms with Crippen LogP contribution in [0, 0.1) is 0 Å². The van der Waals surface area contributed by atoms with E-state index in [1.807, 2.05) is 0 Å². The fraction of sp³-hybridized carbons (Fsp3) is 0. The van der Waals surface area contributed by atoms with Gasteiger partial charge in [0.05, 0.1) is 11.3 Å². The summed E-state index contributed by atoms with van der Waals surface area (Å²) in [7, 11) is 0. The number of nitrogens with one attached hydrogen (secondary N) is 1. The summed E-state index contributed by atoms with van der Waals surface area (Å²) in [5, 5.41) is 3.50. The second-order valence-corrected chi connectivity index (χ2v) is 7.20. The highest BCUT2D eigenvalue weighted by Crippen LogP contribution is 2.32. The zero-order valence-electron chi connectivity index (χ0n) is 14.9. The molecule has 0 spiro atoms. The van der Waals surface area contributed by atoms with Gasteiger partial charge in [0.15, 0.2) is 11.6 Å². The van der Waals surface area contributed by atoms with Gasteiger partial charge in [-0.05, 0) is 24.3 Å². The average molecular weight is 422 g/mol. The summed E-state index contributed by atoms with van der Waals surface area (Å²) >= 11 is 12.2. The molecule has 4 nitrogen and oxygen atoms in total. The number of hydrogen-bond acceptors (Lipinski definition) is 3. The molecule has 0 atom stereocenters. The van der Waals surface area contributed by atoms with Crippen molar-refractivity contribution < 1.29 is 14.4 Å². The number of ketones is 2. The molecule has 1 aliphatic rings. The van der Waals surface area contributed by atoms with Crippen LogP contribution in [0.1, 0.15) is 37.4 Å². The first kappa shape index (κ1) is 19.1. The van der Waals surface area contributed by atoms with E-state index in [-0.39, 0.29) is 28.4 Å². The third kappa shape index (κ3) is 3.48. The van der Waals surface area contributed by atoms with Gasteiger partial charge in [-0.15, -0.1) is 0 Å². The second-order valence-electron chi connectivity index (χ2n) is 6.39. The van der Waals surface area contributed by atoms with Crippen molar-refractivity contribution in [3.63, 3.8) is 0 Å². The lowest BCUT2D eigenvalue weighted by molar-refractivity contribution is -0.111. The normalized spacial score (nSPS) is 12.6.